The van der Waals surface area contributed by atoms with E-state index in [0.717, 1.165) is 12.8 Å². The Balaban J connectivity index is 1.56. The van der Waals surface area contributed by atoms with Crippen molar-refractivity contribution in [1.82, 2.24) is 5.32 Å². The number of hydrogen-bond donors (Lipinski definition) is 2. The third-order valence-corrected chi connectivity index (χ3v) is 3.93. The highest BCUT2D eigenvalue weighted by Crippen LogP contribution is 2.41. The molecule has 2 unspecified atom stereocenters. The summed E-state index contributed by atoms with van der Waals surface area (Å²) in [6.07, 6.45) is 4.39. The van der Waals surface area contributed by atoms with Gasteiger partial charge in [-0.2, -0.15) is 0 Å². The SMILES string of the molecule is O[C@H]1CCC[C@@H]1NC1CC1c1ccccc1. The Hall–Kier alpha value is -0.860. The Labute approximate surface area is 96.7 Å². The van der Waals surface area contributed by atoms with Crippen molar-refractivity contribution >= 4 is 0 Å². The van der Waals surface area contributed by atoms with Crippen LogP contribution in [0.1, 0.15) is 37.2 Å². The third kappa shape index (κ3) is 2.00. The zero-order valence-electron chi connectivity index (χ0n) is 9.47. The van der Waals surface area contributed by atoms with Crippen LogP contribution in [-0.2, 0) is 0 Å². The second-order valence-electron chi connectivity index (χ2n) is 5.13. The van der Waals surface area contributed by atoms with E-state index >= 15 is 0 Å². The van der Waals surface area contributed by atoms with Gasteiger partial charge in [0.25, 0.3) is 0 Å². The molecule has 2 heteroatoms. The van der Waals surface area contributed by atoms with Gasteiger partial charge in [0.15, 0.2) is 0 Å². The molecule has 16 heavy (non-hydrogen) atoms. The van der Waals surface area contributed by atoms with E-state index in [1.807, 2.05) is 0 Å². The minimum absolute atomic E-state index is 0.114. The molecule has 4 atom stereocenters. The van der Waals surface area contributed by atoms with E-state index in [9.17, 15) is 5.11 Å². The maximum Gasteiger partial charge on any atom is 0.0693 e. The van der Waals surface area contributed by atoms with Crippen LogP contribution in [0.5, 0.6) is 0 Å². The summed E-state index contributed by atoms with van der Waals surface area (Å²) >= 11 is 0. The van der Waals surface area contributed by atoms with Crippen molar-refractivity contribution in [2.24, 2.45) is 0 Å². The molecule has 0 amide bonds. The van der Waals surface area contributed by atoms with Crippen LogP contribution in [0.4, 0.5) is 0 Å². The molecule has 0 radical (unpaired) electrons. The third-order valence-electron chi connectivity index (χ3n) is 3.93. The van der Waals surface area contributed by atoms with Gasteiger partial charge in [0, 0.05) is 18.0 Å². The quantitative estimate of drug-likeness (QED) is 0.812. The topological polar surface area (TPSA) is 32.3 Å². The van der Waals surface area contributed by atoms with Gasteiger partial charge in [-0.15, -0.1) is 0 Å². The molecular weight excluding hydrogens is 198 g/mol. The lowest BCUT2D eigenvalue weighted by Gasteiger charge is -2.16. The van der Waals surface area contributed by atoms with Gasteiger partial charge in [0.05, 0.1) is 6.10 Å². The van der Waals surface area contributed by atoms with Gasteiger partial charge in [-0.25, -0.2) is 0 Å². The lowest BCUT2D eigenvalue weighted by molar-refractivity contribution is 0.148. The van der Waals surface area contributed by atoms with E-state index in [4.69, 9.17) is 0 Å². The molecule has 2 aliphatic rings. The normalized spacial score (nSPS) is 37.6. The maximum absolute atomic E-state index is 9.76. The van der Waals surface area contributed by atoms with Crippen molar-refractivity contribution < 1.29 is 5.11 Å². The van der Waals surface area contributed by atoms with E-state index in [1.54, 1.807) is 0 Å². The first-order valence-electron chi connectivity index (χ1n) is 6.33. The molecule has 1 aromatic carbocycles. The van der Waals surface area contributed by atoms with Crippen LogP contribution in [0.3, 0.4) is 0 Å². The standard InChI is InChI=1S/C14H19NO/c16-14-8-4-7-12(14)15-13-9-11(13)10-5-2-1-3-6-10/h1-3,5-6,11-16H,4,7-9H2/t11?,12-,13?,14-/m0/s1. The first-order valence-corrected chi connectivity index (χ1v) is 6.33. The first-order chi connectivity index (χ1) is 7.84. The molecule has 2 aliphatic carbocycles. The highest BCUT2D eigenvalue weighted by molar-refractivity contribution is 5.27. The summed E-state index contributed by atoms with van der Waals surface area (Å²) in [7, 11) is 0. The monoisotopic (exact) mass is 217 g/mol. The fourth-order valence-electron chi connectivity index (χ4n) is 2.86. The highest BCUT2D eigenvalue weighted by Gasteiger charge is 2.41. The van der Waals surface area contributed by atoms with Gasteiger partial charge in [0.2, 0.25) is 0 Å². The number of hydrogen-bond acceptors (Lipinski definition) is 2. The van der Waals surface area contributed by atoms with Gasteiger partial charge in [-0.3, -0.25) is 0 Å². The average molecular weight is 217 g/mol. The number of aliphatic hydroxyl groups excluding tert-OH is 1. The fourth-order valence-corrected chi connectivity index (χ4v) is 2.86. The van der Waals surface area contributed by atoms with Crippen molar-refractivity contribution in [2.75, 3.05) is 0 Å². The Morgan fingerprint density at radius 2 is 1.88 bits per heavy atom. The molecule has 0 aromatic heterocycles. The molecule has 2 fully saturated rings. The summed E-state index contributed by atoms with van der Waals surface area (Å²) in [5.74, 6) is 0.675. The van der Waals surface area contributed by atoms with Crippen LogP contribution in [0, 0.1) is 0 Å². The Morgan fingerprint density at radius 1 is 1.06 bits per heavy atom. The minimum atomic E-state index is -0.114. The second-order valence-corrected chi connectivity index (χ2v) is 5.13. The van der Waals surface area contributed by atoms with E-state index in [2.05, 4.69) is 35.6 Å². The lowest BCUT2D eigenvalue weighted by Crippen LogP contribution is -2.37. The van der Waals surface area contributed by atoms with Crippen LogP contribution < -0.4 is 5.32 Å². The van der Waals surface area contributed by atoms with Crippen LogP contribution in [0.2, 0.25) is 0 Å². The smallest absolute Gasteiger partial charge is 0.0693 e. The first kappa shape index (κ1) is 10.3. The zero-order valence-corrected chi connectivity index (χ0v) is 9.47. The Kier molecular flexibility index (Phi) is 2.70. The van der Waals surface area contributed by atoms with Crippen LogP contribution in [0.15, 0.2) is 30.3 Å². The molecule has 0 spiro atoms. The molecule has 3 rings (SSSR count). The molecule has 2 N–H and O–H groups in total. The second kappa shape index (κ2) is 4.19. The number of rotatable bonds is 3. The van der Waals surface area contributed by atoms with Crippen molar-refractivity contribution in [2.45, 2.75) is 49.8 Å². The molecular formula is C14H19NO. The fraction of sp³-hybridized carbons (Fsp3) is 0.571. The van der Waals surface area contributed by atoms with Gasteiger partial charge in [0.1, 0.15) is 0 Å². The largest absolute Gasteiger partial charge is 0.392 e. The minimum Gasteiger partial charge on any atom is -0.392 e. The molecule has 0 heterocycles. The van der Waals surface area contributed by atoms with Gasteiger partial charge >= 0.3 is 0 Å². The summed E-state index contributed by atoms with van der Waals surface area (Å²) in [5, 5.41) is 13.4. The van der Waals surface area contributed by atoms with Crippen LogP contribution in [0.25, 0.3) is 0 Å². The average Bonchev–Trinajstić information content (AvgIpc) is 2.97. The van der Waals surface area contributed by atoms with Crippen molar-refractivity contribution in [3.05, 3.63) is 35.9 Å². The summed E-state index contributed by atoms with van der Waals surface area (Å²) in [5.41, 5.74) is 1.44. The zero-order chi connectivity index (χ0) is 11.0. The van der Waals surface area contributed by atoms with E-state index in [1.165, 1.54) is 18.4 Å². The highest BCUT2D eigenvalue weighted by atomic mass is 16.3. The van der Waals surface area contributed by atoms with Gasteiger partial charge < -0.3 is 10.4 Å². The van der Waals surface area contributed by atoms with Crippen LogP contribution >= 0.6 is 0 Å². The number of benzene rings is 1. The molecule has 1 aromatic rings. The van der Waals surface area contributed by atoms with E-state index in [0.29, 0.717) is 18.0 Å². The van der Waals surface area contributed by atoms with Crippen molar-refractivity contribution in [3.8, 4) is 0 Å². The van der Waals surface area contributed by atoms with Crippen molar-refractivity contribution in [1.29, 1.82) is 0 Å². The molecule has 86 valence electrons. The molecule has 2 saturated carbocycles. The van der Waals surface area contributed by atoms with E-state index < -0.39 is 0 Å². The summed E-state index contributed by atoms with van der Waals surface area (Å²) in [6, 6.07) is 11.6. The Morgan fingerprint density at radius 3 is 2.56 bits per heavy atom. The van der Waals surface area contributed by atoms with Gasteiger partial charge in [-0.05, 0) is 31.2 Å². The number of nitrogens with one attached hydrogen (secondary N) is 1. The summed E-state index contributed by atoms with van der Waals surface area (Å²) in [6.45, 7) is 0. The number of aliphatic hydroxyl groups is 1. The maximum atomic E-state index is 9.76. The van der Waals surface area contributed by atoms with Crippen LogP contribution in [-0.4, -0.2) is 23.3 Å². The van der Waals surface area contributed by atoms with E-state index in [-0.39, 0.29) is 6.10 Å². The predicted octanol–water partition coefficient (Wildman–Crippen LogP) is 2.05. The Bertz CT molecular complexity index is 351. The molecule has 2 nitrogen and oxygen atoms in total. The molecule has 0 bridgehead atoms. The summed E-state index contributed by atoms with van der Waals surface area (Å²) in [4.78, 5) is 0. The predicted molar refractivity (Wildman–Crippen MR) is 64.4 cm³/mol. The van der Waals surface area contributed by atoms with Gasteiger partial charge in [-0.1, -0.05) is 30.3 Å². The summed E-state index contributed by atoms with van der Waals surface area (Å²) < 4.78 is 0. The molecule has 0 saturated heterocycles. The van der Waals surface area contributed by atoms with Crippen molar-refractivity contribution in [3.63, 3.8) is 0 Å². The molecule has 0 aliphatic heterocycles. The lowest BCUT2D eigenvalue weighted by atomic mass is 10.1.